The Labute approximate surface area is 70.9 Å². The zero-order valence-corrected chi connectivity index (χ0v) is 7.97. The maximum atomic E-state index is 3.71. The van der Waals surface area contributed by atoms with E-state index in [2.05, 4.69) is 27.9 Å². The SMILES string of the molecule is CN1[C@@H]2CC[C@H]1C[C@@H](Br)C2. The van der Waals surface area contributed by atoms with Gasteiger partial charge >= 0.3 is 0 Å². The third-order valence-electron chi connectivity index (χ3n) is 3.04. The molecule has 2 heterocycles. The third kappa shape index (κ3) is 1.02. The highest BCUT2D eigenvalue weighted by Gasteiger charge is 2.37. The van der Waals surface area contributed by atoms with Gasteiger partial charge in [-0.2, -0.15) is 0 Å². The van der Waals surface area contributed by atoms with Gasteiger partial charge in [0.15, 0.2) is 0 Å². The van der Waals surface area contributed by atoms with Crippen molar-refractivity contribution in [2.45, 2.75) is 42.6 Å². The number of alkyl halides is 1. The molecule has 10 heavy (non-hydrogen) atoms. The van der Waals surface area contributed by atoms with E-state index in [-0.39, 0.29) is 0 Å². The molecule has 0 saturated carbocycles. The fourth-order valence-electron chi connectivity index (χ4n) is 2.35. The Balaban J connectivity index is 2.09. The van der Waals surface area contributed by atoms with Crippen LogP contribution in [-0.4, -0.2) is 28.9 Å². The van der Waals surface area contributed by atoms with Crippen LogP contribution < -0.4 is 0 Å². The van der Waals surface area contributed by atoms with Crippen LogP contribution in [0, 0.1) is 0 Å². The summed E-state index contributed by atoms with van der Waals surface area (Å²) in [6.07, 6.45) is 5.60. The topological polar surface area (TPSA) is 3.24 Å². The van der Waals surface area contributed by atoms with Crippen molar-refractivity contribution in [2.75, 3.05) is 7.05 Å². The van der Waals surface area contributed by atoms with Gasteiger partial charge in [0.25, 0.3) is 0 Å². The van der Waals surface area contributed by atoms with Crippen LogP contribution in [0.5, 0.6) is 0 Å². The van der Waals surface area contributed by atoms with Gasteiger partial charge in [-0.15, -0.1) is 0 Å². The molecule has 0 aromatic rings. The Morgan fingerprint density at radius 2 is 1.70 bits per heavy atom. The number of piperidine rings is 1. The molecule has 0 aromatic heterocycles. The first-order valence-electron chi connectivity index (χ1n) is 4.13. The molecule has 2 rings (SSSR count). The number of fused-ring (bicyclic) bond motifs is 2. The smallest absolute Gasteiger partial charge is 0.0175 e. The molecular weight excluding hydrogens is 190 g/mol. The second kappa shape index (κ2) is 2.49. The van der Waals surface area contributed by atoms with E-state index in [4.69, 9.17) is 0 Å². The lowest BCUT2D eigenvalue weighted by molar-refractivity contribution is 0.184. The molecule has 1 nitrogen and oxygen atoms in total. The van der Waals surface area contributed by atoms with Crippen molar-refractivity contribution in [2.24, 2.45) is 0 Å². The zero-order chi connectivity index (χ0) is 7.14. The Kier molecular flexibility index (Phi) is 1.77. The number of hydrogen-bond donors (Lipinski definition) is 0. The maximum Gasteiger partial charge on any atom is 0.0175 e. The molecule has 0 unspecified atom stereocenters. The first-order valence-corrected chi connectivity index (χ1v) is 5.05. The molecule has 0 N–H and O–H groups in total. The van der Waals surface area contributed by atoms with Crippen molar-refractivity contribution in [3.05, 3.63) is 0 Å². The number of nitrogens with zero attached hydrogens (tertiary/aromatic N) is 1. The summed E-state index contributed by atoms with van der Waals surface area (Å²) in [5.74, 6) is 0. The molecule has 2 aliphatic rings. The van der Waals surface area contributed by atoms with E-state index < -0.39 is 0 Å². The third-order valence-corrected chi connectivity index (χ3v) is 3.79. The minimum Gasteiger partial charge on any atom is -0.300 e. The second-order valence-electron chi connectivity index (χ2n) is 3.62. The number of rotatable bonds is 0. The summed E-state index contributed by atoms with van der Waals surface area (Å²) >= 11 is 3.71. The zero-order valence-electron chi connectivity index (χ0n) is 6.39. The Bertz CT molecular complexity index is 123. The normalized spacial score (nSPS) is 48.0. The van der Waals surface area contributed by atoms with Crippen molar-refractivity contribution >= 4 is 15.9 Å². The van der Waals surface area contributed by atoms with E-state index in [1.54, 1.807) is 0 Å². The number of hydrogen-bond acceptors (Lipinski definition) is 1. The van der Waals surface area contributed by atoms with Gasteiger partial charge in [-0.05, 0) is 32.7 Å². The van der Waals surface area contributed by atoms with Crippen molar-refractivity contribution in [1.82, 2.24) is 4.90 Å². The molecule has 2 fully saturated rings. The lowest BCUT2D eigenvalue weighted by Crippen LogP contribution is -2.40. The summed E-state index contributed by atoms with van der Waals surface area (Å²) in [5, 5.41) is 0. The number of halogens is 1. The lowest BCUT2D eigenvalue weighted by Gasteiger charge is -2.33. The average Bonchev–Trinajstić information content (AvgIpc) is 2.20. The Morgan fingerprint density at radius 1 is 1.20 bits per heavy atom. The van der Waals surface area contributed by atoms with Crippen LogP contribution in [0.15, 0.2) is 0 Å². The van der Waals surface area contributed by atoms with Gasteiger partial charge < -0.3 is 4.90 Å². The van der Waals surface area contributed by atoms with Crippen LogP contribution in [0.4, 0.5) is 0 Å². The van der Waals surface area contributed by atoms with Crippen molar-refractivity contribution in [1.29, 1.82) is 0 Å². The van der Waals surface area contributed by atoms with E-state index in [0.29, 0.717) is 0 Å². The molecule has 0 radical (unpaired) electrons. The van der Waals surface area contributed by atoms with Crippen LogP contribution >= 0.6 is 15.9 Å². The van der Waals surface area contributed by atoms with E-state index >= 15 is 0 Å². The van der Waals surface area contributed by atoms with Gasteiger partial charge in [0.1, 0.15) is 0 Å². The Hall–Kier alpha value is 0.440. The molecule has 3 atom stereocenters. The molecule has 2 aliphatic heterocycles. The minimum atomic E-state index is 0.807. The van der Waals surface area contributed by atoms with Crippen molar-refractivity contribution < 1.29 is 0 Å². The molecule has 0 amide bonds. The van der Waals surface area contributed by atoms with E-state index in [1.807, 2.05) is 0 Å². The van der Waals surface area contributed by atoms with E-state index in [1.165, 1.54) is 25.7 Å². The van der Waals surface area contributed by atoms with E-state index in [0.717, 1.165) is 16.9 Å². The predicted molar refractivity (Wildman–Crippen MR) is 46.5 cm³/mol. The Morgan fingerprint density at radius 3 is 2.20 bits per heavy atom. The highest BCUT2D eigenvalue weighted by molar-refractivity contribution is 9.09. The van der Waals surface area contributed by atoms with Gasteiger partial charge in [0.05, 0.1) is 0 Å². The molecule has 0 aliphatic carbocycles. The fourth-order valence-corrected chi connectivity index (χ4v) is 3.21. The predicted octanol–water partition coefficient (Wildman–Crippen LogP) is 2.01. The van der Waals surface area contributed by atoms with Gasteiger partial charge in [-0.25, -0.2) is 0 Å². The van der Waals surface area contributed by atoms with Gasteiger partial charge in [0, 0.05) is 16.9 Å². The summed E-state index contributed by atoms with van der Waals surface area (Å²) in [6, 6.07) is 1.78. The minimum absolute atomic E-state index is 0.807. The average molecular weight is 204 g/mol. The van der Waals surface area contributed by atoms with Crippen molar-refractivity contribution in [3.63, 3.8) is 0 Å². The standard InChI is InChI=1S/C8H14BrN/c1-10-7-2-3-8(10)5-6(9)4-7/h6-8H,2-5H2,1H3/t6-,7+,8-. The van der Waals surface area contributed by atoms with Gasteiger partial charge in [-0.3, -0.25) is 0 Å². The molecule has 0 spiro atoms. The maximum absolute atomic E-state index is 3.71. The molecule has 2 saturated heterocycles. The van der Waals surface area contributed by atoms with Gasteiger partial charge in [0.2, 0.25) is 0 Å². The molecule has 2 heteroatoms. The van der Waals surface area contributed by atoms with Crippen LogP contribution in [0.1, 0.15) is 25.7 Å². The van der Waals surface area contributed by atoms with Crippen LogP contribution in [0.2, 0.25) is 0 Å². The summed E-state index contributed by atoms with van der Waals surface area (Å²) < 4.78 is 0. The molecule has 58 valence electrons. The molecular formula is C8H14BrN. The summed E-state index contributed by atoms with van der Waals surface area (Å²) in [5.41, 5.74) is 0. The van der Waals surface area contributed by atoms with Crippen LogP contribution in [0.3, 0.4) is 0 Å². The summed E-state index contributed by atoms with van der Waals surface area (Å²) in [6.45, 7) is 0. The fraction of sp³-hybridized carbons (Fsp3) is 1.00. The van der Waals surface area contributed by atoms with Crippen LogP contribution in [-0.2, 0) is 0 Å². The van der Waals surface area contributed by atoms with Crippen molar-refractivity contribution in [3.8, 4) is 0 Å². The summed E-state index contributed by atoms with van der Waals surface area (Å²) in [4.78, 5) is 3.37. The second-order valence-corrected chi connectivity index (χ2v) is 4.91. The molecule has 2 bridgehead atoms. The van der Waals surface area contributed by atoms with Crippen LogP contribution in [0.25, 0.3) is 0 Å². The largest absolute Gasteiger partial charge is 0.300 e. The highest BCUT2D eigenvalue weighted by atomic mass is 79.9. The monoisotopic (exact) mass is 203 g/mol. The lowest BCUT2D eigenvalue weighted by atomic mass is 10.0. The van der Waals surface area contributed by atoms with E-state index in [9.17, 15) is 0 Å². The summed E-state index contributed by atoms with van der Waals surface area (Å²) in [7, 11) is 2.28. The van der Waals surface area contributed by atoms with Gasteiger partial charge in [-0.1, -0.05) is 15.9 Å². The molecule has 0 aromatic carbocycles. The highest BCUT2D eigenvalue weighted by Crippen LogP contribution is 2.36. The quantitative estimate of drug-likeness (QED) is 0.545. The first-order chi connectivity index (χ1) is 4.77. The first kappa shape index (κ1) is 7.11.